The Hall–Kier alpha value is -0.920. The van der Waals surface area contributed by atoms with Crippen molar-refractivity contribution in [1.82, 2.24) is 14.3 Å². The van der Waals surface area contributed by atoms with Gasteiger partial charge < -0.3 is 10.7 Å². The van der Waals surface area contributed by atoms with Gasteiger partial charge in [0.05, 0.1) is 12.5 Å². The van der Waals surface area contributed by atoms with Gasteiger partial charge in [0.25, 0.3) is 10.0 Å². The fourth-order valence-electron chi connectivity index (χ4n) is 2.62. The summed E-state index contributed by atoms with van der Waals surface area (Å²) < 4.78 is 26.8. The van der Waals surface area contributed by atoms with Crippen molar-refractivity contribution in [2.75, 3.05) is 6.54 Å². The molecule has 0 spiro atoms. The molecular formula is C12H22N4O2S. The third-order valence-corrected chi connectivity index (χ3v) is 5.53. The summed E-state index contributed by atoms with van der Waals surface area (Å²) in [5.74, 6) is 0. The Kier molecular flexibility index (Phi) is 4.59. The fourth-order valence-corrected chi connectivity index (χ4v) is 4.29. The van der Waals surface area contributed by atoms with Gasteiger partial charge in [0.15, 0.2) is 5.03 Å². The van der Waals surface area contributed by atoms with E-state index in [4.69, 9.17) is 5.73 Å². The first kappa shape index (κ1) is 14.5. The minimum absolute atomic E-state index is 0.0630. The summed E-state index contributed by atoms with van der Waals surface area (Å²) >= 11 is 0. The van der Waals surface area contributed by atoms with E-state index in [1.165, 1.54) is 12.5 Å². The summed E-state index contributed by atoms with van der Waals surface area (Å²) in [5.41, 5.74) is 5.89. The second-order valence-electron chi connectivity index (χ2n) is 5.10. The molecule has 1 aromatic rings. The lowest BCUT2D eigenvalue weighted by atomic mass is 9.92. The second-order valence-corrected chi connectivity index (χ2v) is 6.96. The lowest BCUT2D eigenvalue weighted by Gasteiger charge is -2.34. The third-order valence-electron chi connectivity index (χ3n) is 3.65. The molecule has 108 valence electrons. The molecule has 0 unspecified atom stereocenters. The normalized spacial score (nSPS) is 24.8. The third kappa shape index (κ3) is 3.16. The van der Waals surface area contributed by atoms with E-state index in [1.807, 2.05) is 6.92 Å². The number of aromatic nitrogens is 2. The number of hydrogen-bond donors (Lipinski definition) is 2. The largest absolute Gasteiger partial charge is 0.335 e. The van der Waals surface area contributed by atoms with Crippen molar-refractivity contribution >= 4 is 10.0 Å². The molecule has 2 rings (SSSR count). The maximum absolute atomic E-state index is 12.6. The average Bonchev–Trinajstić information content (AvgIpc) is 2.92. The maximum atomic E-state index is 12.6. The summed E-state index contributed by atoms with van der Waals surface area (Å²) in [4.78, 5) is 6.51. The molecule has 0 saturated heterocycles. The van der Waals surface area contributed by atoms with Crippen LogP contribution in [0, 0.1) is 0 Å². The number of sulfonamides is 1. The number of imidazole rings is 1. The first-order chi connectivity index (χ1) is 9.05. The molecule has 7 heteroatoms. The summed E-state index contributed by atoms with van der Waals surface area (Å²) in [6, 6.07) is 0.280. The molecule has 0 radical (unpaired) electrons. The molecule has 1 heterocycles. The van der Waals surface area contributed by atoms with Gasteiger partial charge >= 0.3 is 0 Å². The smallest absolute Gasteiger partial charge is 0.260 e. The van der Waals surface area contributed by atoms with Crippen LogP contribution in [0.1, 0.15) is 39.0 Å². The SMILES string of the molecule is CCCN(C1CCC(N)CC1)S(=O)(=O)c1cnc[nH]1. The Labute approximate surface area is 114 Å². The highest BCUT2D eigenvalue weighted by atomic mass is 32.2. The fraction of sp³-hybridized carbons (Fsp3) is 0.750. The Balaban J connectivity index is 2.20. The zero-order chi connectivity index (χ0) is 13.9. The van der Waals surface area contributed by atoms with Gasteiger partial charge in [0.2, 0.25) is 0 Å². The van der Waals surface area contributed by atoms with Crippen molar-refractivity contribution in [1.29, 1.82) is 0 Å². The Morgan fingerprint density at radius 2 is 2.11 bits per heavy atom. The lowest BCUT2D eigenvalue weighted by molar-refractivity contribution is 0.240. The molecule has 0 aromatic carbocycles. The van der Waals surface area contributed by atoms with E-state index in [-0.39, 0.29) is 17.1 Å². The van der Waals surface area contributed by atoms with Crippen LogP contribution in [0.4, 0.5) is 0 Å². The zero-order valence-electron chi connectivity index (χ0n) is 11.2. The van der Waals surface area contributed by atoms with E-state index >= 15 is 0 Å². The van der Waals surface area contributed by atoms with Gasteiger partial charge in [0.1, 0.15) is 0 Å². The molecule has 0 amide bonds. The highest BCUT2D eigenvalue weighted by Crippen LogP contribution is 2.26. The predicted octanol–water partition coefficient (Wildman–Crippen LogP) is 1.08. The molecule has 1 aliphatic rings. The van der Waals surface area contributed by atoms with Crippen LogP contribution in [0.2, 0.25) is 0 Å². The summed E-state index contributed by atoms with van der Waals surface area (Å²) in [7, 11) is -3.46. The van der Waals surface area contributed by atoms with E-state index < -0.39 is 10.0 Å². The number of hydrogen-bond acceptors (Lipinski definition) is 4. The molecule has 1 fully saturated rings. The highest BCUT2D eigenvalue weighted by Gasteiger charge is 2.33. The first-order valence-corrected chi connectivity index (χ1v) is 8.25. The Morgan fingerprint density at radius 1 is 1.42 bits per heavy atom. The predicted molar refractivity (Wildman–Crippen MR) is 73.0 cm³/mol. The molecule has 19 heavy (non-hydrogen) atoms. The highest BCUT2D eigenvalue weighted by molar-refractivity contribution is 7.89. The number of H-pyrrole nitrogens is 1. The molecule has 6 nitrogen and oxygen atoms in total. The number of nitrogens with zero attached hydrogens (tertiary/aromatic N) is 2. The first-order valence-electron chi connectivity index (χ1n) is 6.81. The number of rotatable bonds is 5. The van der Waals surface area contributed by atoms with Crippen molar-refractivity contribution in [2.45, 2.75) is 56.1 Å². The van der Waals surface area contributed by atoms with Gasteiger partial charge in [-0.3, -0.25) is 0 Å². The van der Waals surface area contributed by atoms with Crippen molar-refractivity contribution in [3.05, 3.63) is 12.5 Å². The van der Waals surface area contributed by atoms with Crippen molar-refractivity contribution in [3.63, 3.8) is 0 Å². The lowest BCUT2D eigenvalue weighted by Crippen LogP contribution is -2.44. The van der Waals surface area contributed by atoms with E-state index in [9.17, 15) is 8.42 Å². The van der Waals surface area contributed by atoms with Gasteiger partial charge in [-0.1, -0.05) is 6.92 Å². The van der Waals surface area contributed by atoms with E-state index in [1.54, 1.807) is 4.31 Å². The Bertz CT molecular complexity index is 478. The number of nitrogens with two attached hydrogens (primary N) is 1. The van der Waals surface area contributed by atoms with Crippen LogP contribution in [-0.2, 0) is 10.0 Å². The summed E-state index contributed by atoms with van der Waals surface area (Å²) in [6.07, 6.45) is 7.03. The molecule has 3 N–H and O–H groups in total. The Morgan fingerprint density at radius 3 is 2.63 bits per heavy atom. The maximum Gasteiger partial charge on any atom is 0.260 e. The minimum atomic E-state index is -3.46. The zero-order valence-corrected chi connectivity index (χ0v) is 12.1. The molecule has 0 bridgehead atoms. The van der Waals surface area contributed by atoms with Crippen LogP contribution in [-0.4, -0.2) is 41.3 Å². The number of nitrogens with one attached hydrogen (secondary N) is 1. The van der Waals surface area contributed by atoms with Crippen LogP contribution in [0.25, 0.3) is 0 Å². The van der Waals surface area contributed by atoms with E-state index in [0.717, 1.165) is 32.1 Å². The van der Waals surface area contributed by atoms with Crippen molar-refractivity contribution in [3.8, 4) is 0 Å². The molecular weight excluding hydrogens is 264 g/mol. The van der Waals surface area contributed by atoms with Crippen molar-refractivity contribution < 1.29 is 8.42 Å². The van der Waals surface area contributed by atoms with Gasteiger partial charge in [-0.2, -0.15) is 4.31 Å². The topological polar surface area (TPSA) is 92.1 Å². The van der Waals surface area contributed by atoms with Crippen LogP contribution in [0.3, 0.4) is 0 Å². The van der Waals surface area contributed by atoms with Gasteiger partial charge in [0, 0.05) is 18.6 Å². The summed E-state index contributed by atoms with van der Waals surface area (Å²) in [5, 5.41) is 0.177. The van der Waals surface area contributed by atoms with Crippen LogP contribution in [0.15, 0.2) is 17.6 Å². The second kappa shape index (κ2) is 6.02. The molecule has 0 aliphatic heterocycles. The summed E-state index contributed by atoms with van der Waals surface area (Å²) in [6.45, 7) is 2.53. The van der Waals surface area contributed by atoms with Gasteiger partial charge in [-0.25, -0.2) is 13.4 Å². The van der Waals surface area contributed by atoms with E-state index in [0.29, 0.717) is 6.54 Å². The van der Waals surface area contributed by atoms with E-state index in [2.05, 4.69) is 9.97 Å². The molecule has 1 saturated carbocycles. The number of aromatic amines is 1. The van der Waals surface area contributed by atoms with Crippen LogP contribution >= 0.6 is 0 Å². The van der Waals surface area contributed by atoms with Gasteiger partial charge in [-0.05, 0) is 32.1 Å². The monoisotopic (exact) mass is 286 g/mol. The van der Waals surface area contributed by atoms with Crippen LogP contribution in [0.5, 0.6) is 0 Å². The molecule has 0 atom stereocenters. The quantitative estimate of drug-likeness (QED) is 0.847. The van der Waals surface area contributed by atoms with Gasteiger partial charge in [-0.15, -0.1) is 0 Å². The standard InChI is InChI=1S/C12H22N4O2S/c1-2-7-16(11-5-3-10(13)4-6-11)19(17,18)12-8-14-9-15-12/h8-11H,2-7,13H2,1H3,(H,14,15). The van der Waals surface area contributed by atoms with Crippen molar-refractivity contribution in [2.24, 2.45) is 5.73 Å². The molecule has 1 aromatic heterocycles. The average molecular weight is 286 g/mol. The van der Waals surface area contributed by atoms with Crippen LogP contribution < -0.4 is 5.73 Å². The molecule has 1 aliphatic carbocycles. The minimum Gasteiger partial charge on any atom is -0.335 e.